The van der Waals surface area contributed by atoms with E-state index in [-0.39, 0.29) is 11.5 Å². The highest BCUT2D eigenvalue weighted by atomic mass is 33.1. The third-order valence-electron chi connectivity index (χ3n) is 1.25. The number of rotatable bonds is 1. The van der Waals surface area contributed by atoms with E-state index >= 15 is 0 Å². The van der Waals surface area contributed by atoms with Gasteiger partial charge in [-0.25, -0.2) is 0 Å². The maximum absolute atomic E-state index is 4.20. The summed E-state index contributed by atoms with van der Waals surface area (Å²) in [5.41, 5.74) is 1.85. The number of nitrogens with zero attached hydrogens (tertiary/aromatic N) is 3. The molecule has 2 rings (SSSR count). The van der Waals surface area contributed by atoms with Gasteiger partial charge in [0.05, 0.1) is 5.55 Å². The second kappa shape index (κ2) is 2.89. The monoisotopic (exact) mass is 174 g/mol. The Morgan fingerprint density at radius 1 is 1.60 bits per heavy atom. The van der Waals surface area contributed by atoms with Gasteiger partial charge in [-0.2, -0.15) is 10.2 Å². The molecule has 2 aliphatic heterocycles. The van der Waals surface area contributed by atoms with E-state index in [1.165, 1.54) is 0 Å². The van der Waals surface area contributed by atoms with Crippen LogP contribution in [0.4, 0.5) is 0 Å². The largest absolute Gasteiger partial charge is 0.271 e. The fourth-order valence-electron chi connectivity index (χ4n) is 0.787. The first-order valence-corrected chi connectivity index (χ1v) is 5.18. The maximum Gasteiger partial charge on any atom is 0.155 e. The lowest BCUT2D eigenvalue weighted by molar-refractivity contribution is 0.591. The zero-order valence-corrected chi connectivity index (χ0v) is 6.73. The van der Waals surface area contributed by atoms with Gasteiger partial charge in [0.25, 0.3) is 0 Å². The summed E-state index contributed by atoms with van der Waals surface area (Å²) < 4.78 is 0. The Morgan fingerprint density at radius 3 is 3.20 bits per heavy atom. The van der Waals surface area contributed by atoms with Crippen molar-refractivity contribution in [2.75, 3.05) is 6.67 Å². The molecule has 1 N–H and O–H groups in total. The van der Waals surface area contributed by atoms with Crippen molar-refractivity contribution in [2.45, 2.75) is 11.5 Å². The maximum atomic E-state index is 4.20. The summed E-state index contributed by atoms with van der Waals surface area (Å²) in [6.07, 6.45) is 0.108. The molecule has 2 heterocycles. The molecular formula is C4H6N4S2. The lowest BCUT2D eigenvalue weighted by atomic mass is 10.5. The van der Waals surface area contributed by atoms with Crippen LogP contribution in [-0.2, 0) is 0 Å². The lowest BCUT2D eigenvalue weighted by Gasteiger charge is -2.08. The van der Waals surface area contributed by atoms with E-state index < -0.39 is 0 Å². The van der Waals surface area contributed by atoms with Gasteiger partial charge in [0.15, 0.2) is 6.17 Å². The van der Waals surface area contributed by atoms with Crippen LogP contribution >= 0.6 is 21.6 Å². The second-order valence-corrected chi connectivity index (χ2v) is 4.13. The van der Waals surface area contributed by atoms with Crippen LogP contribution in [-0.4, -0.2) is 23.8 Å². The van der Waals surface area contributed by atoms with Crippen LogP contribution in [0.1, 0.15) is 0 Å². The SMILES string of the molecule is C1=NC(C2N=NCN2)SS1. The first-order chi connectivity index (χ1) is 4.97. The molecule has 2 aliphatic rings. The molecule has 0 amide bonds. The summed E-state index contributed by atoms with van der Waals surface area (Å²) in [6.45, 7) is 0.641. The van der Waals surface area contributed by atoms with Crippen molar-refractivity contribution >= 4 is 27.1 Å². The Hall–Kier alpha value is -0.0700. The van der Waals surface area contributed by atoms with Gasteiger partial charge in [-0.1, -0.05) is 10.8 Å². The molecule has 10 heavy (non-hydrogen) atoms. The van der Waals surface area contributed by atoms with Crippen LogP contribution in [0, 0.1) is 0 Å². The molecule has 0 aliphatic carbocycles. The lowest BCUT2D eigenvalue weighted by Crippen LogP contribution is -2.30. The molecule has 0 spiro atoms. The number of nitrogens with one attached hydrogen (secondary N) is 1. The van der Waals surface area contributed by atoms with Crippen molar-refractivity contribution in [1.29, 1.82) is 0 Å². The molecule has 0 fully saturated rings. The van der Waals surface area contributed by atoms with Gasteiger partial charge in [0.1, 0.15) is 12.0 Å². The summed E-state index contributed by atoms with van der Waals surface area (Å²) >= 11 is 0. The molecule has 54 valence electrons. The molecule has 2 unspecified atom stereocenters. The zero-order chi connectivity index (χ0) is 6.81. The zero-order valence-electron chi connectivity index (χ0n) is 5.10. The Bertz CT molecular complexity index is 160. The van der Waals surface area contributed by atoms with Crippen molar-refractivity contribution in [1.82, 2.24) is 5.32 Å². The number of aliphatic imine (C=N–C) groups is 1. The predicted molar refractivity (Wildman–Crippen MR) is 44.1 cm³/mol. The van der Waals surface area contributed by atoms with Crippen molar-refractivity contribution in [3.63, 3.8) is 0 Å². The van der Waals surface area contributed by atoms with Crippen molar-refractivity contribution in [3.8, 4) is 0 Å². The summed E-state index contributed by atoms with van der Waals surface area (Å²) in [4.78, 5) is 4.20. The molecule has 0 radical (unpaired) electrons. The summed E-state index contributed by atoms with van der Waals surface area (Å²) in [5.74, 6) is 0. The first kappa shape index (κ1) is 6.63. The molecule has 0 aromatic carbocycles. The third kappa shape index (κ3) is 1.18. The van der Waals surface area contributed by atoms with E-state index in [4.69, 9.17) is 0 Å². The van der Waals surface area contributed by atoms with Gasteiger partial charge in [0, 0.05) is 0 Å². The highest BCUT2D eigenvalue weighted by molar-refractivity contribution is 8.82. The molecule has 0 aromatic rings. The quantitative estimate of drug-likeness (QED) is 0.605. The number of hydrogen-bond acceptors (Lipinski definition) is 6. The molecule has 6 heteroatoms. The van der Waals surface area contributed by atoms with E-state index in [0.717, 1.165) is 0 Å². The van der Waals surface area contributed by atoms with E-state index in [1.54, 1.807) is 21.6 Å². The average molecular weight is 174 g/mol. The Balaban J connectivity index is 1.98. The van der Waals surface area contributed by atoms with E-state index in [1.807, 2.05) is 5.55 Å². The van der Waals surface area contributed by atoms with E-state index in [0.29, 0.717) is 6.67 Å². The minimum Gasteiger partial charge on any atom is -0.271 e. The minimum atomic E-state index is 0.108. The van der Waals surface area contributed by atoms with Gasteiger partial charge < -0.3 is 0 Å². The van der Waals surface area contributed by atoms with Gasteiger partial charge in [-0.15, -0.1) is 0 Å². The molecular weight excluding hydrogens is 168 g/mol. The van der Waals surface area contributed by atoms with Crippen LogP contribution in [0.15, 0.2) is 15.2 Å². The number of hydrogen-bond donors (Lipinski definition) is 1. The average Bonchev–Trinajstić information content (AvgIpc) is 2.59. The molecule has 0 saturated heterocycles. The smallest absolute Gasteiger partial charge is 0.155 e. The highest BCUT2D eigenvalue weighted by Crippen LogP contribution is 2.34. The standard InChI is InChI=1S/C4H6N4S2/c1-5-3(8-7-1)4-6-2-9-10-4/h2-5H,1H2. The highest BCUT2D eigenvalue weighted by Gasteiger charge is 2.25. The van der Waals surface area contributed by atoms with E-state index in [2.05, 4.69) is 20.5 Å². The van der Waals surface area contributed by atoms with Crippen LogP contribution < -0.4 is 5.32 Å². The topological polar surface area (TPSA) is 49.1 Å². The molecule has 0 saturated carbocycles. The summed E-state index contributed by atoms with van der Waals surface area (Å²) in [5, 5.41) is 11.2. The van der Waals surface area contributed by atoms with Crippen molar-refractivity contribution < 1.29 is 0 Å². The van der Waals surface area contributed by atoms with Gasteiger partial charge >= 0.3 is 0 Å². The Labute approximate surface area is 66.4 Å². The third-order valence-corrected chi connectivity index (χ3v) is 3.33. The normalized spacial score (nSPS) is 37.6. The predicted octanol–water partition coefficient (Wildman–Crippen LogP) is 1.07. The number of azo groups is 1. The summed E-state index contributed by atoms with van der Waals surface area (Å²) in [7, 11) is 3.37. The molecule has 2 atom stereocenters. The second-order valence-electron chi connectivity index (χ2n) is 1.90. The van der Waals surface area contributed by atoms with Crippen LogP contribution in [0.2, 0.25) is 0 Å². The Kier molecular flexibility index (Phi) is 1.92. The van der Waals surface area contributed by atoms with E-state index in [9.17, 15) is 0 Å². The van der Waals surface area contributed by atoms with Crippen LogP contribution in [0.5, 0.6) is 0 Å². The van der Waals surface area contributed by atoms with Gasteiger partial charge in [0.2, 0.25) is 0 Å². The van der Waals surface area contributed by atoms with Crippen molar-refractivity contribution in [2.24, 2.45) is 15.2 Å². The van der Waals surface area contributed by atoms with Gasteiger partial charge in [-0.3, -0.25) is 10.3 Å². The van der Waals surface area contributed by atoms with Gasteiger partial charge in [-0.05, 0) is 10.8 Å². The molecule has 0 bridgehead atoms. The van der Waals surface area contributed by atoms with Crippen LogP contribution in [0.25, 0.3) is 0 Å². The fraction of sp³-hybridized carbons (Fsp3) is 0.750. The van der Waals surface area contributed by atoms with Crippen molar-refractivity contribution in [3.05, 3.63) is 0 Å². The molecule has 0 aromatic heterocycles. The fourth-order valence-corrected chi connectivity index (χ4v) is 2.68. The minimum absolute atomic E-state index is 0.108. The summed E-state index contributed by atoms with van der Waals surface area (Å²) in [6, 6.07) is 0. The molecule has 4 nitrogen and oxygen atoms in total. The Morgan fingerprint density at radius 2 is 2.60 bits per heavy atom. The first-order valence-electron chi connectivity index (χ1n) is 2.90. The van der Waals surface area contributed by atoms with Crippen LogP contribution in [0.3, 0.4) is 0 Å².